The van der Waals surface area contributed by atoms with Crippen LogP contribution in [-0.2, 0) is 10.2 Å². The predicted octanol–water partition coefficient (Wildman–Crippen LogP) is 4.42. The van der Waals surface area contributed by atoms with Crippen molar-refractivity contribution < 1.29 is 33.3 Å². The number of carbonyl (C=O) groups is 2. The van der Waals surface area contributed by atoms with Gasteiger partial charge in [-0.3, -0.25) is 9.59 Å². The Morgan fingerprint density at radius 3 is 2.31 bits per heavy atom. The summed E-state index contributed by atoms with van der Waals surface area (Å²) in [5.74, 6) is 2.69. The molecule has 1 saturated heterocycles. The van der Waals surface area contributed by atoms with Gasteiger partial charge in [-0.2, -0.15) is 0 Å². The monoisotopic (exact) mass is 497 g/mol. The number of benzene rings is 2. The number of ketones is 1. The first-order valence-electron chi connectivity index (χ1n) is 12.2. The van der Waals surface area contributed by atoms with Crippen LogP contribution in [-0.4, -0.2) is 63.2 Å². The van der Waals surface area contributed by atoms with E-state index >= 15 is 0 Å². The molecule has 1 fully saturated rings. The number of rotatable bonds is 6. The molecule has 36 heavy (non-hydrogen) atoms. The van der Waals surface area contributed by atoms with Crippen molar-refractivity contribution in [3.63, 3.8) is 0 Å². The molecule has 0 aromatic heterocycles. The molecule has 1 spiro atoms. The van der Waals surface area contributed by atoms with Crippen LogP contribution in [0.2, 0.25) is 0 Å². The van der Waals surface area contributed by atoms with E-state index in [1.165, 1.54) is 7.11 Å². The summed E-state index contributed by atoms with van der Waals surface area (Å²) in [6, 6.07) is 9.05. The van der Waals surface area contributed by atoms with E-state index in [2.05, 4.69) is 20.8 Å². The highest BCUT2D eigenvalue weighted by Gasteiger charge is 2.45. The molecule has 1 amide bonds. The summed E-state index contributed by atoms with van der Waals surface area (Å²) in [6.07, 6.45) is 1.36. The number of hydrogen-bond acceptors (Lipinski definition) is 7. The van der Waals surface area contributed by atoms with Crippen LogP contribution in [0.3, 0.4) is 0 Å². The van der Waals surface area contributed by atoms with Crippen LogP contribution in [0, 0.1) is 0 Å². The normalized spacial score (nSPS) is 16.7. The van der Waals surface area contributed by atoms with Gasteiger partial charge >= 0.3 is 0 Å². The first kappa shape index (κ1) is 25.7. The molecule has 8 heteroatoms. The Bertz CT molecular complexity index is 1140. The maximum absolute atomic E-state index is 13.0. The molecule has 0 unspecified atom stereocenters. The van der Waals surface area contributed by atoms with Crippen LogP contribution in [0.4, 0.5) is 0 Å². The molecule has 0 aliphatic carbocycles. The summed E-state index contributed by atoms with van der Waals surface area (Å²) >= 11 is 0. The fourth-order valence-corrected chi connectivity index (χ4v) is 4.88. The molecular weight excluding hydrogens is 462 g/mol. The molecule has 0 bridgehead atoms. The summed E-state index contributed by atoms with van der Waals surface area (Å²) < 4.78 is 28.6. The number of Topliss-reactive ketones (excluding diaryl/α,β-unsaturated/α-hetero) is 1. The van der Waals surface area contributed by atoms with Crippen LogP contribution in [0.5, 0.6) is 28.7 Å². The lowest BCUT2D eigenvalue weighted by atomic mass is 9.82. The van der Waals surface area contributed by atoms with E-state index < -0.39 is 5.60 Å². The van der Waals surface area contributed by atoms with Crippen molar-refractivity contribution in [3.05, 3.63) is 41.5 Å². The van der Waals surface area contributed by atoms with Gasteiger partial charge < -0.3 is 28.6 Å². The quantitative estimate of drug-likeness (QED) is 0.584. The molecule has 0 saturated carbocycles. The SMILES string of the molecule is COc1ccc(OCC(=O)N2CCC3(CC2)CC(=O)c2ccc(OC)c(OC)c2O3)c(C(C)(C)C)c1. The Kier molecular flexibility index (Phi) is 7.07. The zero-order valence-corrected chi connectivity index (χ0v) is 21.9. The molecule has 2 aliphatic heterocycles. The first-order valence-corrected chi connectivity index (χ1v) is 12.2. The second-order valence-electron chi connectivity index (χ2n) is 10.3. The molecule has 2 aromatic carbocycles. The van der Waals surface area contributed by atoms with E-state index in [0.717, 1.165) is 11.3 Å². The third kappa shape index (κ3) is 4.94. The van der Waals surface area contributed by atoms with Gasteiger partial charge in [0.25, 0.3) is 5.91 Å². The van der Waals surface area contributed by atoms with E-state index in [1.807, 2.05) is 18.2 Å². The third-order valence-electron chi connectivity index (χ3n) is 6.98. The lowest BCUT2D eigenvalue weighted by molar-refractivity contribution is -0.137. The number of amides is 1. The minimum Gasteiger partial charge on any atom is -0.497 e. The van der Waals surface area contributed by atoms with Gasteiger partial charge in [-0.05, 0) is 35.7 Å². The molecule has 0 atom stereocenters. The van der Waals surface area contributed by atoms with Crippen LogP contribution < -0.4 is 23.7 Å². The van der Waals surface area contributed by atoms with Gasteiger partial charge in [0, 0.05) is 31.5 Å². The second kappa shape index (κ2) is 9.91. The summed E-state index contributed by atoms with van der Waals surface area (Å²) in [4.78, 5) is 27.8. The number of ether oxygens (including phenoxy) is 5. The van der Waals surface area contributed by atoms with E-state index in [0.29, 0.717) is 54.5 Å². The van der Waals surface area contributed by atoms with Gasteiger partial charge in [-0.15, -0.1) is 0 Å². The van der Waals surface area contributed by atoms with Crippen molar-refractivity contribution >= 4 is 11.7 Å². The van der Waals surface area contributed by atoms with Crippen molar-refractivity contribution in [1.29, 1.82) is 0 Å². The molecule has 8 nitrogen and oxygen atoms in total. The number of hydrogen-bond donors (Lipinski definition) is 0. The average molecular weight is 498 g/mol. The van der Waals surface area contributed by atoms with Gasteiger partial charge in [0.2, 0.25) is 5.75 Å². The Morgan fingerprint density at radius 2 is 1.69 bits per heavy atom. The molecule has 4 rings (SSSR count). The average Bonchev–Trinajstić information content (AvgIpc) is 2.86. The summed E-state index contributed by atoms with van der Waals surface area (Å²) in [7, 11) is 4.71. The number of fused-ring (bicyclic) bond motifs is 1. The minimum atomic E-state index is -0.670. The predicted molar refractivity (Wildman–Crippen MR) is 135 cm³/mol. The highest BCUT2D eigenvalue weighted by atomic mass is 16.5. The summed E-state index contributed by atoms with van der Waals surface area (Å²) in [5.41, 5.74) is 0.634. The molecular formula is C28H35NO7. The molecule has 2 heterocycles. The van der Waals surface area contributed by atoms with Gasteiger partial charge in [0.15, 0.2) is 23.9 Å². The summed E-state index contributed by atoms with van der Waals surface area (Å²) in [5, 5.41) is 0. The Morgan fingerprint density at radius 1 is 1.00 bits per heavy atom. The van der Waals surface area contributed by atoms with Crippen LogP contribution in [0.15, 0.2) is 30.3 Å². The van der Waals surface area contributed by atoms with Crippen LogP contribution in [0.25, 0.3) is 0 Å². The fraction of sp³-hybridized carbons (Fsp3) is 0.500. The van der Waals surface area contributed by atoms with E-state index in [9.17, 15) is 9.59 Å². The topological polar surface area (TPSA) is 83.5 Å². The number of nitrogens with zero attached hydrogens (tertiary/aromatic N) is 1. The Labute approximate surface area is 212 Å². The molecule has 2 aliphatic rings. The van der Waals surface area contributed by atoms with Gasteiger partial charge in [-0.25, -0.2) is 0 Å². The molecule has 0 N–H and O–H groups in total. The van der Waals surface area contributed by atoms with Crippen molar-refractivity contribution in [2.45, 2.75) is 51.0 Å². The zero-order chi connectivity index (χ0) is 26.1. The van der Waals surface area contributed by atoms with Gasteiger partial charge in [0.05, 0.1) is 33.3 Å². The maximum Gasteiger partial charge on any atom is 0.260 e. The van der Waals surface area contributed by atoms with Crippen molar-refractivity contribution in [3.8, 4) is 28.7 Å². The van der Waals surface area contributed by atoms with Crippen molar-refractivity contribution in [2.24, 2.45) is 0 Å². The zero-order valence-electron chi connectivity index (χ0n) is 21.9. The first-order chi connectivity index (χ1) is 17.1. The minimum absolute atomic E-state index is 0.00882. The molecule has 194 valence electrons. The lowest BCUT2D eigenvalue weighted by Crippen LogP contribution is -2.53. The van der Waals surface area contributed by atoms with E-state index in [1.54, 1.807) is 31.3 Å². The summed E-state index contributed by atoms with van der Waals surface area (Å²) in [6.45, 7) is 7.17. The smallest absolute Gasteiger partial charge is 0.260 e. The number of carbonyl (C=O) groups excluding carboxylic acids is 2. The molecule has 2 aromatic rings. The van der Waals surface area contributed by atoms with Crippen molar-refractivity contribution in [1.82, 2.24) is 4.90 Å². The van der Waals surface area contributed by atoms with Crippen LogP contribution in [0.1, 0.15) is 56.0 Å². The Balaban J connectivity index is 1.42. The second-order valence-corrected chi connectivity index (χ2v) is 10.3. The van der Waals surface area contributed by atoms with E-state index in [-0.39, 0.29) is 30.1 Å². The highest BCUT2D eigenvalue weighted by molar-refractivity contribution is 6.01. The highest BCUT2D eigenvalue weighted by Crippen LogP contribution is 2.47. The third-order valence-corrected chi connectivity index (χ3v) is 6.98. The Hall–Kier alpha value is -3.42. The molecule has 0 radical (unpaired) electrons. The standard InChI is InChI=1S/C28H35NO7/c1-27(2,3)20-15-18(32-4)7-9-22(20)35-17-24(31)29-13-11-28(12-14-29)16-21(30)19-8-10-23(33-5)26(34-6)25(19)36-28/h7-10,15H,11-14,16-17H2,1-6H3. The van der Waals surface area contributed by atoms with Gasteiger partial charge in [0.1, 0.15) is 17.1 Å². The largest absolute Gasteiger partial charge is 0.497 e. The number of methoxy groups -OCH3 is 3. The number of likely N-dealkylation sites (tertiary alicyclic amines) is 1. The fourth-order valence-electron chi connectivity index (χ4n) is 4.88. The number of piperidine rings is 1. The lowest BCUT2D eigenvalue weighted by Gasteiger charge is -2.44. The maximum atomic E-state index is 13.0. The van der Waals surface area contributed by atoms with Crippen molar-refractivity contribution in [2.75, 3.05) is 41.0 Å². The van der Waals surface area contributed by atoms with Gasteiger partial charge in [-0.1, -0.05) is 20.8 Å². The van der Waals surface area contributed by atoms with E-state index in [4.69, 9.17) is 23.7 Å². The van der Waals surface area contributed by atoms with Crippen LogP contribution >= 0.6 is 0 Å².